The van der Waals surface area contributed by atoms with Gasteiger partial charge < -0.3 is 16.4 Å². The molecule has 0 bridgehead atoms. The molecule has 0 spiro atoms. The van der Waals surface area contributed by atoms with Gasteiger partial charge in [-0.1, -0.05) is 43.3 Å². The maximum Gasteiger partial charge on any atom is 0.417 e. The van der Waals surface area contributed by atoms with E-state index in [0.29, 0.717) is 17.9 Å². The average Bonchev–Trinajstić information content (AvgIpc) is 2.84. The van der Waals surface area contributed by atoms with E-state index in [-0.39, 0.29) is 29.4 Å². The number of benzene rings is 2. The lowest BCUT2D eigenvalue weighted by atomic mass is 10.1. The van der Waals surface area contributed by atoms with Crippen LogP contribution in [0.2, 0.25) is 5.02 Å². The van der Waals surface area contributed by atoms with Crippen molar-refractivity contribution in [1.29, 1.82) is 0 Å². The highest BCUT2D eigenvalue weighted by Crippen LogP contribution is 2.38. The van der Waals surface area contributed by atoms with Crippen molar-refractivity contribution in [2.45, 2.75) is 39.5 Å². The molecule has 0 fully saturated rings. The SMILES string of the molecule is Cc1ccc(C(=O)Nc2cc(CNC(C)C)c(Cl)c(C(F)(F)F)c2)cc1N(N)/C=C(\N)C1=CCN=CS1. The quantitative estimate of drug-likeness (QED) is 0.252. The second-order valence-electron chi connectivity index (χ2n) is 8.63. The largest absolute Gasteiger partial charge is 0.417 e. The number of anilines is 2. The molecule has 0 radical (unpaired) electrons. The molecule has 0 aromatic heterocycles. The molecular weight excluding hydrogens is 525 g/mol. The number of amides is 1. The molecule has 6 N–H and O–H groups in total. The van der Waals surface area contributed by atoms with Crippen LogP contribution in [0, 0.1) is 6.92 Å². The lowest BCUT2D eigenvalue weighted by Crippen LogP contribution is -2.27. The third-order valence-electron chi connectivity index (χ3n) is 5.36. The van der Waals surface area contributed by atoms with E-state index in [1.54, 1.807) is 23.7 Å². The highest BCUT2D eigenvalue weighted by molar-refractivity contribution is 8.15. The Balaban J connectivity index is 1.88. The van der Waals surface area contributed by atoms with Gasteiger partial charge in [-0.05, 0) is 48.4 Å². The van der Waals surface area contributed by atoms with Gasteiger partial charge in [0.15, 0.2) is 0 Å². The number of aryl methyl sites for hydroxylation is 1. The van der Waals surface area contributed by atoms with E-state index in [1.165, 1.54) is 29.0 Å². The number of nitrogens with zero attached hydrogens (tertiary/aromatic N) is 2. The monoisotopic (exact) mass is 552 g/mol. The third-order valence-corrected chi connectivity index (χ3v) is 6.72. The summed E-state index contributed by atoms with van der Waals surface area (Å²) in [4.78, 5) is 17.9. The number of halogens is 4. The molecule has 2 aromatic rings. The second-order valence-corrected chi connectivity index (χ2v) is 9.90. The first-order valence-electron chi connectivity index (χ1n) is 11.3. The van der Waals surface area contributed by atoms with Crippen molar-refractivity contribution in [1.82, 2.24) is 5.32 Å². The molecule has 0 aliphatic carbocycles. The Morgan fingerprint density at radius 3 is 2.65 bits per heavy atom. The molecule has 37 heavy (non-hydrogen) atoms. The number of rotatable bonds is 8. The van der Waals surface area contributed by atoms with E-state index in [0.717, 1.165) is 16.5 Å². The predicted octanol–water partition coefficient (Wildman–Crippen LogP) is 5.56. The molecule has 12 heteroatoms. The highest BCUT2D eigenvalue weighted by Gasteiger charge is 2.35. The fraction of sp³-hybridized carbons (Fsp3) is 0.280. The molecule has 3 rings (SSSR count). The van der Waals surface area contributed by atoms with E-state index in [4.69, 9.17) is 23.2 Å². The molecule has 0 saturated carbocycles. The average molecular weight is 553 g/mol. The molecule has 1 aliphatic rings. The molecule has 7 nitrogen and oxygen atoms in total. The van der Waals surface area contributed by atoms with Crippen LogP contribution in [0.5, 0.6) is 0 Å². The van der Waals surface area contributed by atoms with Gasteiger partial charge in [0, 0.05) is 34.9 Å². The Kier molecular flexibility index (Phi) is 9.30. The summed E-state index contributed by atoms with van der Waals surface area (Å²) in [5, 5.41) is 6.49. The summed E-state index contributed by atoms with van der Waals surface area (Å²) in [6, 6.07) is 7.07. The number of hydrogen-bond acceptors (Lipinski definition) is 7. The molecule has 0 saturated heterocycles. The molecule has 2 aromatic carbocycles. The summed E-state index contributed by atoms with van der Waals surface area (Å²) in [6.45, 7) is 6.16. The van der Waals surface area contributed by atoms with Crippen molar-refractivity contribution in [3.8, 4) is 0 Å². The van der Waals surface area contributed by atoms with Crippen LogP contribution in [0.3, 0.4) is 0 Å². The number of nitrogens with one attached hydrogen (secondary N) is 2. The molecule has 198 valence electrons. The van der Waals surface area contributed by atoms with E-state index < -0.39 is 22.7 Å². The zero-order valence-corrected chi connectivity index (χ0v) is 22.1. The fourth-order valence-corrected chi connectivity index (χ4v) is 4.34. The zero-order valence-electron chi connectivity index (χ0n) is 20.5. The van der Waals surface area contributed by atoms with Gasteiger partial charge in [-0.25, -0.2) is 5.84 Å². The molecule has 0 atom stereocenters. The summed E-state index contributed by atoms with van der Waals surface area (Å²) < 4.78 is 40.9. The number of nitrogens with two attached hydrogens (primary N) is 2. The van der Waals surface area contributed by atoms with Crippen molar-refractivity contribution >= 4 is 46.2 Å². The van der Waals surface area contributed by atoms with Crippen LogP contribution < -0.4 is 27.2 Å². The van der Waals surface area contributed by atoms with Gasteiger partial charge in [-0.3, -0.25) is 14.8 Å². The Hall–Kier alpha value is -2.99. The van der Waals surface area contributed by atoms with Gasteiger partial charge in [-0.15, -0.1) is 0 Å². The summed E-state index contributed by atoms with van der Waals surface area (Å²) in [5.74, 6) is 5.61. The van der Waals surface area contributed by atoms with E-state index in [1.807, 2.05) is 26.8 Å². The highest BCUT2D eigenvalue weighted by atomic mass is 35.5. The second kappa shape index (κ2) is 12.0. The number of alkyl halides is 3. The van der Waals surface area contributed by atoms with Crippen molar-refractivity contribution in [3.05, 3.63) is 80.5 Å². The molecular formula is C25H28ClF3N6OS. The minimum atomic E-state index is -4.69. The first kappa shape index (κ1) is 28.6. The molecule has 0 unspecified atom stereocenters. The first-order valence-corrected chi connectivity index (χ1v) is 12.5. The summed E-state index contributed by atoms with van der Waals surface area (Å²) in [5.41, 5.74) is 8.92. The topological polar surface area (TPSA) is 109 Å². The Bertz CT molecular complexity index is 1260. The van der Waals surface area contributed by atoms with Gasteiger partial charge in [0.05, 0.1) is 34.1 Å². The lowest BCUT2D eigenvalue weighted by Gasteiger charge is -2.20. The minimum Gasteiger partial charge on any atom is -0.397 e. The van der Waals surface area contributed by atoms with Crippen LogP contribution in [0.15, 0.2) is 58.2 Å². The van der Waals surface area contributed by atoms with E-state index in [2.05, 4.69) is 15.6 Å². The van der Waals surface area contributed by atoms with E-state index >= 15 is 0 Å². The van der Waals surface area contributed by atoms with Gasteiger partial charge in [0.25, 0.3) is 5.91 Å². The lowest BCUT2D eigenvalue weighted by molar-refractivity contribution is -0.137. The van der Waals surface area contributed by atoms with Crippen molar-refractivity contribution in [2.75, 3.05) is 16.9 Å². The van der Waals surface area contributed by atoms with Crippen LogP contribution in [-0.4, -0.2) is 24.0 Å². The fourth-order valence-electron chi connectivity index (χ4n) is 3.43. The standard InChI is InChI=1S/C25H28ClF3N6OS/c1-14(2)33-11-17-8-18(10-19(23(17)26)25(27,28)29)34-24(36)16-5-4-15(3)21(9-16)35(31)12-20(30)22-6-7-32-13-37-22/h4-6,8-10,12-14,33H,7,11,30-31H2,1-3H3,(H,34,36)/b20-12-. The normalized spacial score (nSPS) is 14.1. The zero-order chi connectivity index (χ0) is 27.3. The number of hydrazine groups is 1. The summed E-state index contributed by atoms with van der Waals surface area (Å²) in [7, 11) is 0. The Morgan fingerprint density at radius 2 is 2.03 bits per heavy atom. The predicted molar refractivity (Wildman–Crippen MR) is 146 cm³/mol. The summed E-state index contributed by atoms with van der Waals surface area (Å²) >= 11 is 7.42. The number of carbonyl (C=O) groups excluding carboxylic acids is 1. The molecule has 1 heterocycles. The van der Waals surface area contributed by atoms with Gasteiger partial charge >= 0.3 is 6.18 Å². The van der Waals surface area contributed by atoms with Gasteiger partial charge in [0.1, 0.15) is 0 Å². The maximum atomic E-state index is 13.6. The smallest absolute Gasteiger partial charge is 0.397 e. The van der Waals surface area contributed by atoms with Crippen molar-refractivity contribution in [2.24, 2.45) is 16.6 Å². The van der Waals surface area contributed by atoms with Crippen molar-refractivity contribution in [3.63, 3.8) is 0 Å². The first-order chi connectivity index (χ1) is 17.4. The minimum absolute atomic E-state index is 0.0260. The van der Waals surface area contributed by atoms with Crippen molar-refractivity contribution < 1.29 is 18.0 Å². The van der Waals surface area contributed by atoms with Crippen LogP contribution in [0.4, 0.5) is 24.5 Å². The summed E-state index contributed by atoms with van der Waals surface area (Å²) in [6.07, 6.45) is -1.29. The van der Waals surface area contributed by atoms with Gasteiger partial charge in [-0.2, -0.15) is 13.2 Å². The maximum absolute atomic E-state index is 13.6. The number of hydrogen-bond donors (Lipinski definition) is 4. The van der Waals surface area contributed by atoms with Crippen LogP contribution in [0.25, 0.3) is 0 Å². The van der Waals surface area contributed by atoms with Crippen LogP contribution in [0.1, 0.15) is 40.9 Å². The molecule has 1 amide bonds. The van der Waals surface area contributed by atoms with Gasteiger partial charge in [0.2, 0.25) is 0 Å². The number of aliphatic imine (C=N–C) groups is 1. The third kappa shape index (κ3) is 7.51. The van der Waals surface area contributed by atoms with E-state index in [9.17, 15) is 18.0 Å². The van der Waals surface area contributed by atoms with Crippen LogP contribution in [-0.2, 0) is 12.7 Å². The Labute approximate surface area is 222 Å². The molecule has 1 aliphatic heterocycles. The van der Waals surface area contributed by atoms with Crippen LogP contribution >= 0.6 is 23.4 Å². The Morgan fingerprint density at radius 1 is 1.30 bits per heavy atom. The number of thioether (sulfide) groups is 1. The number of carbonyl (C=O) groups is 1.